The van der Waals surface area contributed by atoms with Crippen molar-refractivity contribution < 1.29 is 0 Å². The highest BCUT2D eigenvalue weighted by atomic mass is 15.3. The summed E-state index contributed by atoms with van der Waals surface area (Å²) >= 11 is 0. The number of pyridine rings is 1. The van der Waals surface area contributed by atoms with Crippen LogP contribution in [-0.4, -0.2) is 20.8 Å². The highest BCUT2D eigenvalue weighted by molar-refractivity contribution is 5.55. The summed E-state index contributed by atoms with van der Waals surface area (Å²) in [6.07, 6.45) is 8.15. The minimum atomic E-state index is 0.158. The normalized spacial score (nSPS) is 15.0. The fraction of sp³-hybridized carbons (Fsp3) is 0.438. The molecule has 21 heavy (non-hydrogen) atoms. The predicted molar refractivity (Wildman–Crippen MR) is 80.9 cm³/mol. The first-order chi connectivity index (χ1) is 10.3. The SMILES string of the molecule is CC(Cn1cccn1)Nc1nc2c(cc1C#N)CCCC2. The Morgan fingerprint density at radius 1 is 1.43 bits per heavy atom. The molecule has 0 aliphatic heterocycles. The highest BCUT2D eigenvalue weighted by Crippen LogP contribution is 2.24. The van der Waals surface area contributed by atoms with Gasteiger partial charge >= 0.3 is 0 Å². The van der Waals surface area contributed by atoms with Gasteiger partial charge in [0.15, 0.2) is 0 Å². The molecule has 0 fully saturated rings. The number of nitriles is 1. The van der Waals surface area contributed by atoms with Crippen LogP contribution in [0.5, 0.6) is 0 Å². The third-order valence-corrected chi connectivity index (χ3v) is 3.82. The topological polar surface area (TPSA) is 66.5 Å². The van der Waals surface area contributed by atoms with Gasteiger partial charge in [0, 0.05) is 24.1 Å². The van der Waals surface area contributed by atoms with Crippen molar-refractivity contribution in [2.45, 2.75) is 45.2 Å². The highest BCUT2D eigenvalue weighted by Gasteiger charge is 2.16. The second kappa shape index (κ2) is 5.96. The molecule has 1 atom stereocenters. The van der Waals surface area contributed by atoms with Gasteiger partial charge in [-0.2, -0.15) is 10.4 Å². The maximum Gasteiger partial charge on any atom is 0.144 e. The molecule has 5 nitrogen and oxygen atoms in total. The van der Waals surface area contributed by atoms with E-state index in [0.717, 1.165) is 25.1 Å². The Balaban J connectivity index is 1.79. The van der Waals surface area contributed by atoms with Crippen molar-refractivity contribution in [2.24, 2.45) is 0 Å². The average Bonchev–Trinajstić information content (AvgIpc) is 2.99. The molecular formula is C16H19N5. The molecule has 0 spiro atoms. The molecular weight excluding hydrogens is 262 g/mol. The van der Waals surface area contributed by atoms with E-state index in [-0.39, 0.29) is 6.04 Å². The summed E-state index contributed by atoms with van der Waals surface area (Å²) in [6, 6.07) is 6.33. The van der Waals surface area contributed by atoms with Crippen molar-refractivity contribution >= 4 is 5.82 Å². The lowest BCUT2D eigenvalue weighted by atomic mass is 9.95. The van der Waals surface area contributed by atoms with Crippen molar-refractivity contribution in [3.8, 4) is 6.07 Å². The van der Waals surface area contributed by atoms with E-state index in [9.17, 15) is 5.26 Å². The summed E-state index contributed by atoms with van der Waals surface area (Å²) < 4.78 is 1.88. The van der Waals surface area contributed by atoms with Crippen LogP contribution >= 0.6 is 0 Å². The van der Waals surface area contributed by atoms with E-state index < -0.39 is 0 Å². The molecule has 108 valence electrons. The smallest absolute Gasteiger partial charge is 0.144 e. The van der Waals surface area contributed by atoms with E-state index in [1.807, 2.05) is 23.0 Å². The van der Waals surface area contributed by atoms with Crippen LogP contribution in [0.15, 0.2) is 24.5 Å². The Morgan fingerprint density at radius 3 is 3.05 bits per heavy atom. The molecule has 1 N–H and O–H groups in total. The zero-order valence-electron chi connectivity index (χ0n) is 12.2. The number of hydrogen-bond donors (Lipinski definition) is 1. The number of nitrogens with one attached hydrogen (secondary N) is 1. The van der Waals surface area contributed by atoms with Crippen molar-refractivity contribution in [1.82, 2.24) is 14.8 Å². The lowest BCUT2D eigenvalue weighted by molar-refractivity contribution is 0.559. The number of aromatic nitrogens is 3. The molecule has 2 aromatic heterocycles. The van der Waals surface area contributed by atoms with Gasteiger partial charge in [-0.25, -0.2) is 4.98 Å². The summed E-state index contributed by atoms with van der Waals surface area (Å²) in [6.45, 7) is 2.82. The Morgan fingerprint density at radius 2 is 2.29 bits per heavy atom. The molecule has 0 aromatic carbocycles. The summed E-state index contributed by atoms with van der Waals surface area (Å²) in [5.74, 6) is 0.706. The maximum absolute atomic E-state index is 9.34. The molecule has 0 amide bonds. The first-order valence-electron chi connectivity index (χ1n) is 7.43. The van der Waals surface area contributed by atoms with Crippen molar-refractivity contribution in [3.63, 3.8) is 0 Å². The summed E-state index contributed by atoms with van der Waals surface area (Å²) in [5.41, 5.74) is 3.03. The van der Waals surface area contributed by atoms with Gasteiger partial charge in [-0.1, -0.05) is 0 Å². The number of hydrogen-bond acceptors (Lipinski definition) is 4. The Labute approximate surface area is 124 Å². The van der Waals surface area contributed by atoms with E-state index in [1.165, 1.54) is 18.4 Å². The number of nitrogens with zero attached hydrogens (tertiary/aromatic N) is 4. The van der Waals surface area contributed by atoms with E-state index >= 15 is 0 Å². The van der Waals surface area contributed by atoms with Crippen LogP contribution in [0.3, 0.4) is 0 Å². The summed E-state index contributed by atoms with van der Waals surface area (Å²) in [4.78, 5) is 4.69. The Kier molecular flexibility index (Phi) is 3.87. The zero-order chi connectivity index (χ0) is 14.7. The molecule has 1 aliphatic carbocycles. The quantitative estimate of drug-likeness (QED) is 0.935. The van der Waals surface area contributed by atoms with Gasteiger partial charge in [-0.05, 0) is 50.3 Å². The fourth-order valence-corrected chi connectivity index (χ4v) is 2.80. The molecule has 0 bridgehead atoms. The molecule has 0 saturated carbocycles. The first kappa shape index (κ1) is 13.6. The lowest BCUT2D eigenvalue weighted by Gasteiger charge is -2.20. The molecule has 2 heterocycles. The monoisotopic (exact) mass is 281 g/mol. The van der Waals surface area contributed by atoms with Gasteiger partial charge in [0.2, 0.25) is 0 Å². The van der Waals surface area contributed by atoms with Crippen molar-refractivity contribution in [2.75, 3.05) is 5.32 Å². The van der Waals surface area contributed by atoms with Crippen LogP contribution in [0.4, 0.5) is 5.82 Å². The Hall–Kier alpha value is -2.35. The third kappa shape index (κ3) is 3.05. The third-order valence-electron chi connectivity index (χ3n) is 3.82. The first-order valence-corrected chi connectivity index (χ1v) is 7.43. The minimum absolute atomic E-state index is 0.158. The van der Waals surface area contributed by atoms with Crippen LogP contribution in [0, 0.1) is 11.3 Å². The number of anilines is 1. The van der Waals surface area contributed by atoms with Crippen molar-refractivity contribution in [3.05, 3.63) is 41.3 Å². The van der Waals surface area contributed by atoms with E-state index in [1.54, 1.807) is 6.20 Å². The second-order valence-electron chi connectivity index (χ2n) is 5.58. The fourth-order valence-electron chi connectivity index (χ4n) is 2.80. The van der Waals surface area contributed by atoms with E-state index in [0.29, 0.717) is 11.4 Å². The van der Waals surface area contributed by atoms with Crippen LogP contribution in [-0.2, 0) is 19.4 Å². The second-order valence-corrected chi connectivity index (χ2v) is 5.58. The molecule has 2 aromatic rings. The summed E-state index contributed by atoms with van der Waals surface area (Å²) in [5, 5.41) is 16.9. The maximum atomic E-state index is 9.34. The number of aryl methyl sites for hydroxylation is 2. The van der Waals surface area contributed by atoms with Crippen LogP contribution in [0.25, 0.3) is 0 Å². The molecule has 1 aliphatic rings. The van der Waals surface area contributed by atoms with Gasteiger partial charge in [0.1, 0.15) is 11.9 Å². The van der Waals surface area contributed by atoms with Gasteiger partial charge in [-0.3, -0.25) is 4.68 Å². The predicted octanol–water partition coefficient (Wildman–Crippen LogP) is 2.53. The van der Waals surface area contributed by atoms with E-state index in [4.69, 9.17) is 4.98 Å². The summed E-state index contributed by atoms with van der Waals surface area (Å²) in [7, 11) is 0. The van der Waals surface area contributed by atoms with Crippen LogP contribution in [0.2, 0.25) is 0 Å². The standard InChI is InChI=1S/C16H19N5/c1-12(11-21-8-4-7-18-21)19-16-14(10-17)9-13-5-2-3-6-15(13)20-16/h4,7-9,12H,2-3,5-6,11H2,1H3,(H,19,20). The van der Waals surface area contributed by atoms with E-state index in [2.05, 4.69) is 23.4 Å². The number of rotatable bonds is 4. The van der Waals surface area contributed by atoms with Gasteiger partial charge in [-0.15, -0.1) is 0 Å². The van der Waals surface area contributed by atoms with Gasteiger partial charge in [0.25, 0.3) is 0 Å². The van der Waals surface area contributed by atoms with Crippen molar-refractivity contribution in [1.29, 1.82) is 5.26 Å². The average molecular weight is 281 g/mol. The molecule has 3 rings (SSSR count). The minimum Gasteiger partial charge on any atom is -0.365 e. The molecule has 1 unspecified atom stereocenters. The van der Waals surface area contributed by atoms with Crippen LogP contribution in [0.1, 0.15) is 36.6 Å². The molecule has 5 heteroatoms. The lowest BCUT2D eigenvalue weighted by Crippen LogP contribution is -2.24. The van der Waals surface area contributed by atoms with Gasteiger partial charge in [0.05, 0.1) is 12.1 Å². The number of fused-ring (bicyclic) bond motifs is 1. The Bertz CT molecular complexity index is 654. The molecule has 0 saturated heterocycles. The van der Waals surface area contributed by atoms with Gasteiger partial charge < -0.3 is 5.32 Å². The molecule has 0 radical (unpaired) electrons. The van der Waals surface area contributed by atoms with Crippen LogP contribution < -0.4 is 5.32 Å². The largest absolute Gasteiger partial charge is 0.365 e. The zero-order valence-corrected chi connectivity index (χ0v) is 12.2.